The molecule has 0 atom stereocenters. The standard InChI is InChI=1S/C17H19ClOSi/c1-13-7-3-5-9-15(13)17(20-19-12-11-18)16-10-6-4-8-14(16)2/h3-10,17H,11-12H2,1-2H3. The Bertz CT molecular complexity index is 511. The van der Waals surface area contributed by atoms with Crippen LogP contribution >= 0.6 is 11.6 Å². The third-order valence-electron chi connectivity index (χ3n) is 3.38. The molecule has 0 bridgehead atoms. The third kappa shape index (κ3) is 3.72. The normalized spacial score (nSPS) is 11.0. The predicted octanol–water partition coefficient (Wildman–Crippen LogP) is 4.27. The van der Waals surface area contributed by atoms with E-state index in [0.29, 0.717) is 27.8 Å². The largest absolute Gasteiger partial charge is 0.415 e. The average Bonchev–Trinajstić information content (AvgIpc) is 2.46. The van der Waals surface area contributed by atoms with Gasteiger partial charge in [-0.2, -0.15) is 0 Å². The molecule has 0 saturated heterocycles. The average molecular weight is 303 g/mol. The fraction of sp³-hybridized carbons (Fsp3) is 0.294. The zero-order valence-electron chi connectivity index (χ0n) is 11.9. The minimum absolute atomic E-state index is 0.292. The van der Waals surface area contributed by atoms with Gasteiger partial charge in [0.25, 0.3) is 0 Å². The molecule has 2 radical (unpaired) electrons. The number of rotatable bonds is 6. The van der Waals surface area contributed by atoms with Gasteiger partial charge in [-0.3, -0.25) is 0 Å². The maximum Gasteiger partial charge on any atom is 0.242 e. The molecule has 20 heavy (non-hydrogen) atoms. The van der Waals surface area contributed by atoms with Crippen LogP contribution in [0.15, 0.2) is 48.5 Å². The van der Waals surface area contributed by atoms with E-state index in [2.05, 4.69) is 62.4 Å². The van der Waals surface area contributed by atoms with Gasteiger partial charge < -0.3 is 4.43 Å². The molecule has 0 spiro atoms. The maximum absolute atomic E-state index is 5.76. The second-order valence-corrected chi connectivity index (χ2v) is 6.28. The smallest absolute Gasteiger partial charge is 0.242 e. The molecule has 104 valence electrons. The van der Waals surface area contributed by atoms with Gasteiger partial charge >= 0.3 is 0 Å². The molecule has 1 nitrogen and oxygen atoms in total. The molecular weight excluding hydrogens is 284 g/mol. The summed E-state index contributed by atoms with van der Waals surface area (Å²) < 4.78 is 5.76. The van der Waals surface area contributed by atoms with Gasteiger partial charge in [-0.25, -0.2) is 0 Å². The zero-order valence-corrected chi connectivity index (χ0v) is 13.7. The molecule has 0 amide bonds. The fourth-order valence-corrected chi connectivity index (χ4v) is 3.79. The molecule has 0 N–H and O–H groups in total. The first kappa shape index (κ1) is 15.3. The van der Waals surface area contributed by atoms with Crippen LogP contribution in [0.4, 0.5) is 0 Å². The Morgan fingerprint density at radius 1 is 0.950 bits per heavy atom. The highest BCUT2D eigenvalue weighted by molar-refractivity contribution is 6.31. The summed E-state index contributed by atoms with van der Waals surface area (Å²) in [5.74, 6) is 0.543. The van der Waals surface area contributed by atoms with Gasteiger partial charge in [-0.1, -0.05) is 48.5 Å². The van der Waals surface area contributed by atoms with Gasteiger partial charge in [-0.05, 0) is 36.1 Å². The van der Waals surface area contributed by atoms with Crippen LogP contribution in [0, 0.1) is 13.8 Å². The lowest BCUT2D eigenvalue weighted by Crippen LogP contribution is -2.16. The Hall–Kier alpha value is -1.09. The third-order valence-corrected chi connectivity index (χ3v) is 4.76. The number of aryl methyl sites for hydroxylation is 2. The Morgan fingerprint density at radius 3 is 1.90 bits per heavy atom. The lowest BCUT2D eigenvalue weighted by atomic mass is 9.97. The van der Waals surface area contributed by atoms with Crippen molar-refractivity contribution in [2.45, 2.75) is 19.4 Å². The SMILES string of the molecule is Cc1ccccc1C([Si]OCCCl)c1ccccc1C. The molecule has 0 saturated carbocycles. The van der Waals surface area contributed by atoms with Gasteiger partial charge in [0, 0.05) is 18.0 Å². The molecule has 0 aromatic heterocycles. The van der Waals surface area contributed by atoms with Crippen molar-refractivity contribution >= 4 is 21.4 Å². The summed E-state index contributed by atoms with van der Waals surface area (Å²) in [6, 6.07) is 17.1. The number of alkyl halides is 1. The Labute approximate surface area is 128 Å². The van der Waals surface area contributed by atoms with E-state index >= 15 is 0 Å². The van der Waals surface area contributed by atoms with Gasteiger partial charge in [0.2, 0.25) is 9.76 Å². The van der Waals surface area contributed by atoms with E-state index in [1.165, 1.54) is 22.3 Å². The van der Waals surface area contributed by atoms with Crippen LogP contribution in [0.1, 0.15) is 27.8 Å². The first-order valence-electron chi connectivity index (χ1n) is 6.78. The molecular formula is C17H19ClOSi. The Morgan fingerprint density at radius 2 is 1.45 bits per heavy atom. The summed E-state index contributed by atoms with van der Waals surface area (Å²) in [7, 11) is 0.393. The van der Waals surface area contributed by atoms with Crippen molar-refractivity contribution in [3.63, 3.8) is 0 Å². The van der Waals surface area contributed by atoms with Crippen LogP contribution in [-0.4, -0.2) is 22.3 Å². The topological polar surface area (TPSA) is 9.23 Å². The molecule has 0 unspecified atom stereocenters. The summed E-state index contributed by atoms with van der Waals surface area (Å²) in [5, 5.41) is 0. The van der Waals surface area contributed by atoms with Crippen molar-refractivity contribution in [3.05, 3.63) is 70.8 Å². The van der Waals surface area contributed by atoms with Crippen molar-refractivity contribution in [1.29, 1.82) is 0 Å². The fourth-order valence-electron chi connectivity index (χ4n) is 2.30. The molecule has 2 aromatic rings. The van der Waals surface area contributed by atoms with Gasteiger partial charge in [0.15, 0.2) is 0 Å². The van der Waals surface area contributed by atoms with E-state index < -0.39 is 0 Å². The first-order valence-corrected chi connectivity index (χ1v) is 8.30. The van der Waals surface area contributed by atoms with Gasteiger partial charge in [-0.15, -0.1) is 11.6 Å². The highest BCUT2D eigenvalue weighted by atomic mass is 35.5. The molecule has 2 aromatic carbocycles. The summed E-state index contributed by atoms with van der Waals surface area (Å²) in [4.78, 5) is 0. The summed E-state index contributed by atoms with van der Waals surface area (Å²) >= 11 is 5.72. The molecule has 0 aliphatic heterocycles. The zero-order chi connectivity index (χ0) is 14.4. The monoisotopic (exact) mass is 302 g/mol. The van der Waals surface area contributed by atoms with E-state index in [-0.39, 0.29) is 0 Å². The minimum atomic E-state index is 0.292. The van der Waals surface area contributed by atoms with Crippen molar-refractivity contribution in [2.75, 3.05) is 12.5 Å². The van der Waals surface area contributed by atoms with Crippen LogP contribution in [0.5, 0.6) is 0 Å². The lowest BCUT2D eigenvalue weighted by Gasteiger charge is -2.20. The second-order valence-electron chi connectivity index (χ2n) is 4.80. The highest BCUT2D eigenvalue weighted by Crippen LogP contribution is 2.28. The second kappa shape index (κ2) is 7.63. The number of benzene rings is 2. The van der Waals surface area contributed by atoms with Crippen molar-refractivity contribution in [1.82, 2.24) is 0 Å². The molecule has 0 fully saturated rings. The van der Waals surface area contributed by atoms with Crippen LogP contribution in [-0.2, 0) is 4.43 Å². The van der Waals surface area contributed by atoms with Gasteiger partial charge in [0.1, 0.15) is 0 Å². The molecule has 0 aliphatic rings. The van der Waals surface area contributed by atoms with Crippen LogP contribution in [0.3, 0.4) is 0 Å². The number of hydrogen-bond acceptors (Lipinski definition) is 1. The Kier molecular flexibility index (Phi) is 5.83. The van der Waals surface area contributed by atoms with Crippen LogP contribution in [0.2, 0.25) is 0 Å². The van der Waals surface area contributed by atoms with Crippen LogP contribution in [0.25, 0.3) is 0 Å². The van der Waals surface area contributed by atoms with E-state index in [1.54, 1.807) is 0 Å². The Balaban J connectivity index is 2.35. The quantitative estimate of drug-likeness (QED) is 0.440. The van der Waals surface area contributed by atoms with Crippen LogP contribution < -0.4 is 0 Å². The lowest BCUT2D eigenvalue weighted by molar-refractivity contribution is 0.359. The van der Waals surface area contributed by atoms with Crippen molar-refractivity contribution in [2.24, 2.45) is 0 Å². The molecule has 0 heterocycles. The van der Waals surface area contributed by atoms with E-state index in [1.807, 2.05) is 0 Å². The maximum atomic E-state index is 5.76. The highest BCUT2D eigenvalue weighted by Gasteiger charge is 2.19. The number of halogens is 1. The predicted molar refractivity (Wildman–Crippen MR) is 86.6 cm³/mol. The molecule has 3 heteroatoms. The van der Waals surface area contributed by atoms with Gasteiger partial charge in [0.05, 0.1) is 0 Å². The minimum Gasteiger partial charge on any atom is -0.415 e. The first-order chi connectivity index (χ1) is 9.74. The van der Waals surface area contributed by atoms with Crippen molar-refractivity contribution in [3.8, 4) is 0 Å². The molecule has 2 rings (SSSR count). The number of hydrogen-bond donors (Lipinski definition) is 0. The summed E-state index contributed by atoms with van der Waals surface area (Å²) in [5.41, 5.74) is 5.59. The summed E-state index contributed by atoms with van der Waals surface area (Å²) in [6.07, 6.45) is 0. The van der Waals surface area contributed by atoms with Crippen molar-refractivity contribution < 1.29 is 4.43 Å². The van der Waals surface area contributed by atoms with E-state index in [9.17, 15) is 0 Å². The summed E-state index contributed by atoms with van der Waals surface area (Å²) in [6.45, 7) is 4.92. The van der Waals surface area contributed by atoms with E-state index in [0.717, 1.165) is 0 Å². The van der Waals surface area contributed by atoms with E-state index in [4.69, 9.17) is 16.0 Å². The molecule has 0 aliphatic carbocycles.